The van der Waals surface area contributed by atoms with Crippen LogP contribution in [0, 0.1) is 11.3 Å². The molecule has 0 saturated carbocycles. The molecule has 1 heterocycles. The van der Waals surface area contributed by atoms with Gasteiger partial charge >= 0.3 is 0 Å². The second-order valence-corrected chi connectivity index (χ2v) is 12.9. The predicted octanol–water partition coefficient (Wildman–Crippen LogP) is 5.23. The van der Waals surface area contributed by atoms with E-state index in [1.54, 1.807) is 87.5 Å². The van der Waals surface area contributed by atoms with E-state index in [1.807, 2.05) is 19.9 Å². The molecule has 0 radical (unpaired) electrons. The third kappa shape index (κ3) is 7.19. The molecule has 0 saturated heterocycles. The molecule has 9 nitrogen and oxygen atoms in total. The molecule has 10 heteroatoms. The fraction of sp³-hybridized carbons (Fsp3) is 0.323. The molecule has 1 aliphatic heterocycles. The number of rotatable bonds is 9. The van der Waals surface area contributed by atoms with Gasteiger partial charge in [0, 0.05) is 28.8 Å². The lowest BCUT2D eigenvalue weighted by molar-refractivity contribution is -0.148. The minimum absolute atomic E-state index is 0.0223. The molecular formula is C31H34N4O5S. The third-order valence-electron chi connectivity index (χ3n) is 6.24. The Labute approximate surface area is 241 Å². The number of hydrogen-bond acceptors (Lipinski definition) is 7. The van der Waals surface area contributed by atoms with E-state index >= 15 is 0 Å². The van der Waals surface area contributed by atoms with Gasteiger partial charge in [-0.15, -0.1) is 0 Å². The average molecular weight is 575 g/mol. The SMILES string of the molecule is CC(C)OCC1(C(=O)Nc2ccc(-c3ccccc3S(=O)(=O)NC(C)(C)C)cc2)CC(c2cccc(C#N)c2)=NO1. The summed E-state index contributed by atoms with van der Waals surface area (Å²) in [7, 11) is -3.77. The summed E-state index contributed by atoms with van der Waals surface area (Å²) in [5.74, 6) is -0.432. The minimum atomic E-state index is -3.77. The molecule has 1 amide bonds. The summed E-state index contributed by atoms with van der Waals surface area (Å²) in [6.07, 6.45) is 0.0162. The summed E-state index contributed by atoms with van der Waals surface area (Å²) >= 11 is 0. The van der Waals surface area contributed by atoms with Crippen molar-refractivity contribution in [3.63, 3.8) is 0 Å². The van der Waals surface area contributed by atoms with E-state index in [2.05, 4.69) is 21.3 Å². The number of amides is 1. The van der Waals surface area contributed by atoms with Gasteiger partial charge in [-0.05, 0) is 70.5 Å². The molecule has 0 spiro atoms. The highest BCUT2D eigenvalue weighted by Gasteiger charge is 2.47. The summed E-state index contributed by atoms with van der Waals surface area (Å²) in [6.45, 7) is 9.07. The van der Waals surface area contributed by atoms with Crippen LogP contribution in [0.5, 0.6) is 0 Å². The average Bonchev–Trinajstić information content (AvgIpc) is 3.37. The van der Waals surface area contributed by atoms with Crippen LogP contribution in [-0.2, 0) is 24.4 Å². The van der Waals surface area contributed by atoms with Gasteiger partial charge in [-0.1, -0.05) is 47.6 Å². The zero-order chi connectivity index (χ0) is 29.8. The Morgan fingerprint density at radius 2 is 1.78 bits per heavy atom. The first kappa shape index (κ1) is 29.9. The minimum Gasteiger partial charge on any atom is -0.376 e. The van der Waals surface area contributed by atoms with Gasteiger partial charge in [0.2, 0.25) is 15.6 Å². The quantitative estimate of drug-likeness (QED) is 0.360. The Balaban J connectivity index is 1.56. The largest absolute Gasteiger partial charge is 0.376 e. The van der Waals surface area contributed by atoms with Gasteiger partial charge in [0.1, 0.15) is 0 Å². The van der Waals surface area contributed by atoms with Crippen molar-refractivity contribution >= 4 is 27.3 Å². The Morgan fingerprint density at radius 1 is 1.07 bits per heavy atom. The second-order valence-electron chi connectivity index (χ2n) is 11.2. The molecule has 2 N–H and O–H groups in total. The maximum absolute atomic E-state index is 13.6. The normalized spacial score (nSPS) is 17.0. The monoisotopic (exact) mass is 574 g/mol. The number of anilines is 1. The molecule has 0 aliphatic carbocycles. The van der Waals surface area contributed by atoms with Crippen molar-refractivity contribution in [2.75, 3.05) is 11.9 Å². The molecule has 41 heavy (non-hydrogen) atoms. The van der Waals surface area contributed by atoms with Gasteiger partial charge < -0.3 is 14.9 Å². The Bertz CT molecular complexity index is 1600. The number of carbonyl (C=O) groups is 1. The molecular weight excluding hydrogens is 540 g/mol. The number of ether oxygens (including phenoxy) is 1. The molecule has 0 bridgehead atoms. The van der Waals surface area contributed by atoms with Crippen molar-refractivity contribution in [2.24, 2.45) is 5.16 Å². The Hall–Kier alpha value is -4.04. The van der Waals surface area contributed by atoms with Crippen LogP contribution in [0.3, 0.4) is 0 Å². The van der Waals surface area contributed by atoms with Crippen LogP contribution in [0.15, 0.2) is 82.8 Å². The fourth-order valence-electron chi connectivity index (χ4n) is 4.34. The second kappa shape index (κ2) is 11.8. The number of oxime groups is 1. The molecule has 1 aliphatic rings. The third-order valence-corrected chi connectivity index (χ3v) is 8.06. The summed E-state index contributed by atoms with van der Waals surface area (Å²) < 4.78 is 34.7. The summed E-state index contributed by atoms with van der Waals surface area (Å²) in [5.41, 5.74) is 1.40. The van der Waals surface area contributed by atoms with E-state index in [1.165, 1.54) is 0 Å². The molecule has 3 aromatic carbocycles. The standard InChI is InChI=1S/C31H34N4O5S/c1-21(2)39-20-31(18-27(34-40-31)24-10-8-9-22(17-24)19-32)29(36)33-25-15-13-23(14-16-25)26-11-6-7-12-28(26)41(37,38)35-30(3,4)5/h6-17,21,35H,18,20H2,1-5H3,(H,33,36). The summed E-state index contributed by atoms with van der Waals surface area (Å²) in [5, 5.41) is 16.3. The molecule has 3 aromatic rings. The van der Waals surface area contributed by atoms with Crippen LogP contribution in [0.25, 0.3) is 11.1 Å². The fourth-order valence-corrected chi connectivity index (χ4v) is 5.99. The van der Waals surface area contributed by atoms with Crippen LogP contribution >= 0.6 is 0 Å². The Morgan fingerprint density at radius 3 is 2.44 bits per heavy atom. The highest BCUT2D eigenvalue weighted by atomic mass is 32.2. The molecule has 4 rings (SSSR count). The van der Waals surface area contributed by atoms with Crippen molar-refractivity contribution in [2.45, 2.75) is 63.2 Å². The van der Waals surface area contributed by atoms with Crippen molar-refractivity contribution in [3.05, 3.63) is 83.9 Å². The number of carbonyl (C=O) groups excluding carboxylic acids is 1. The van der Waals surface area contributed by atoms with E-state index in [4.69, 9.17) is 9.57 Å². The zero-order valence-corrected chi connectivity index (χ0v) is 24.6. The van der Waals surface area contributed by atoms with Crippen molar-refractivity contribution in [1.29, 1.82) is 5.26 Å². The van der Waals surface area contributed by atoms with Gasteiger partial charge in [-0.25, -0.2) is 13.1 Å². The van der Waals surface area contributed by atoms with E-state index < -0.39 is 27.1 Å². The van der Waals surface area contributed by atoms with Gasteiger partial charge in [0.25, 0.3) is 5.91 Å². The van der Waals surface area contributed by atoms with Gasteiger partial charge in [0.05, 0.1) is 35.0 Å². The number of nitriles is 1. The van der Waals surface area contributed by atoms with E-state index in [-0.39, 0.29) is 24.0 Å². The number of nitrogens with one attached hydrogen (secondary N) is 2. The molecule has 1 atom stereocenters. The Kier molecular flexibility index (Phi) is 8.63. The lowest BCUT2D eigenvalue weighted by Gasteiger charge is -2.26. The van der Waals surface area contributed by atoms with Crippen LogP contribution in [0.1, 0.15) is 52.2 Å². The molecule has 0 aromatic heterocycles. The maximum atomic E-state index is 13.6. The first-order valence-electron chi connectivity index (χ1n) is 13.2. The van der Waals surface area contributed by atoms with E-state index in [0.717, 1.165) is 0 Å². The smallest absolute Gasteiger partial charge is 0.274 e. The number of hydrogen-bond donors (Lipinski definition) is 2. The number of sulfonamides is 1. The number of nitrogens with zero attached hydrogens (tertiary/aromatic N) is 2. The molecule has 1 unspecified atom stereocenters. The lowest BCUT2D eigenvalue weighted by atomic mass is 9.93. The van der Waals surface area contributed by atoms with Crippen molar-refractivity contribution in [3.8, 4) is 17.2 Å². The van der Waals surface area contributed by atoms with Crippen LogP contribution in [-0.4, -0.2) is 43.9 Å². The van der Waals surface area contributed by atoms with Crippen LogP contribution in [0.2, 0.25) is 0 Å². The van der Waals surface area contributed by atoms with Gasteiger partial charge in [-0.2, -0.15) is 5.26 Å². The highest BCUT2D eigenvalue weighted by Crippen LogP contribution is 2.32. The van der Waals surface area contributed by atoms with Gasteiger partial charge in [0.15, 0.2) is 0 Å². The van der Waals surface area contributed by atoms with Crippen molar-refractivity contribution < 1.29 is 22.8 Å². The van der Waals surface area contributed by atoms with Crippen LogP contribution in [0.4, 0.5) is 5.69 Å². The van der Waals surface area contributed by atoms with Crippen molar-refractivity contribution in [1.82, 2.24) is 4.72 Å². The number of benzene rings is 3. The van der Waals surface area contributed by atoms with E-state index in [0.29, 0.717) is 33.7 Å². The summed E-state index contributed by atoms with van der Waals surface area (Å²) in [6, 6.07) is 22.8. The van der Waals surface area contributed by atoms with Gasteiger partial charge in [-0.3, -0.25) is 4.79 Å². The highest BCUT2D eigenvalue weighted by molar-refractivity contribution is 7.89. The summed E-state index contributed by atoms with van der Waals surface area (Å²) in [4.78, 5) is 19.5. The zero-order valence-electron chi connectivity index (χ0n) is 23.8. The van der Waals surface area contributed by atoms with Crippen LogP contribution < -0.4 is 10.0 Å². The predicted molar refractivity (Wildman–Crippen MR) is 158 cm³/mol. The molecule has 214 valence electrons. The first-order chi connectivity index (χ1) is 19.3. The van der Waals surface area contributed by atoms with E-state index in [9.17, 15) is 18.5 Å². The topological polar surface area (TPSA) is 130 Å². The maximum Gasteiger partial charge on any atom is 0.274 e. The lowest BCUT2D eigenvalue weighted by Crippen LogP contribution is -2.47. The molecule has 0 fully saturated rings. The first-order valence-corrected chi connectivity index (χ1v) is 14.7.